The fraction of sp³-hybridized carbons (Fsp3) is 0.467. The third kappa shape index (κ3) is 3.95. The van der Waals surface area contributed by atoms with Gasteiger partial charge in [-0.3, -0.25) is 9.59 Å². The lowest BCUT2D eigenvalue weighted by molar-refractivity contribution is -0.132. The van der Waals surface area contributed by atoms with E-state index in [1.54, 1.807) is 19.1 Å². The highest BCUT2D eigenvalue weighted by Gasteiger charge is 2.32. The van der Waals surface area contributed by atoms with Gasteiger partial charge in [-0.25, -0.2) is 0 Å². The highest BCUT2D eigenvalue weighted by Crippen LogP contribution is 2.17. The molecule has 2 N–H and O–H groups in total. The number of amides is 2. The number of carbonyl (C=O) groups is 2. The highest BCUT2D eigenvalue weighted by atomic mass is 16.5. The second-order valence-corrected chi connectivity index (χ2v) is 5.05. The molecule has 114 valence electrons. The van der Waals surface area contributed by atoms with E-state index in [0.717, 1.165) is 11.3 Å². The molecule has 1 unspecified atom stereocenters. The smallest absolute Gasteiger partial charge is 0.245 e. The molecule has 1 saturated heterocycles. The zero-order valence-electron chi connectivity index (χ0n) is 12.4. The number of benzene rings is 1. The van der Waals surface area contributed by atoms with E-state index in [9.17, 15) is 9.59 Å². The Kier molecular flexibility index (Phi) is 5.16. The molecule has 1 aliphatic heterocycles. The van der Waals surface area contributed by atoms with Crippen LogP contribution in [0.1, 0.15) is 12.0 Å². The van der Waals surface area contributed by atoms with E-state index in [1.807, 2.05) is 24.3 Å². The van der Waals surface area contributed by atoms with E-state index < -0.39 is 6.04 Å². The van der Waals surface area contributed by atoms with E-state index in [0.29, 0.717) is 19.5 Å². The molecule has 0 aliphatic carbocycles. The van der Waals surface area contributed by atoms with Crippen LogP contribution in [-0.2, 0) is 16.1 Å². The molecule has 0 bridgehead atoms. The second kappa shape index (κ2) is 7.08. The van der Waals surface area contributed by atoms with Gasteiger partial charge in [0.2, 0.25) is 11.8 Å². The zero-order chi connectivity index (χ0) is 15.2. The van der Waals surface area contributed by atoms with Gasteiger partial charge in [0.15, 0.2) is 0 Å². The summed E-state index contributed by atoms with van der Waals surface area (Å²) in [5.41, 5.74) is 1.05. The molecule has 6 nitrogen and oxygen atoms in total. The van der Waals surface area contributed by atoms with Crippen molar-refractivity contribution in [3.05, 3.63) is 29.8 Å². The summed E-state index contributed by atoms with van der Waals surface area (Å²) < 4.78 is 5.11. The van der Waals surface area contributed by atoms with Gasteiger partial charge in [-0.2, -0.15) is 0 Å². The van der Waals surface area contributed by atoms with Crippen LogP contribution in [0.4, 0.5) is 0 Å². The highest BCUT2D eigenvalue weighted by molar-refractivity contribution is 5.89. The van der Waals surface area contributed by atoms with E-state index >= 15 is 0 Å². The van der Waals surface area contributed by atoms with Gasteiger partial charge in [-0.1, -0.05) is 12.1 Å². The van der Waals surface area contributed by atoms with Crippen LogP contribution in [0.2, 0.25) is 0 Å². The number of methoxy groups -OCH3 is 1. The Morgan fingerprint density at radius 1 is 1.38 bits per heavy atom. The summed E-state index contributed by atoms with van der Waals surface area (Å²) in [6.45, 7) is 1.44. The average Bonchev–Trinajstić information content (AvgIpc) is 2.81. The second-order valence-electron chi connectivity index (χ2n) is 5.05. The van der Waals surface area contributed by atoms with Crippen molar-refractivity contribution in [1.29, 1.82) is 0 Å². The first-order chi connectivity index (χ1) is 10.1. The summed E-state index contributed by atoms with van der Waals surface area (Å²) in [7, 11) is 3.32. The molecule has 1 fully saturated rings. The molecule has 0 saturated carbocycles. The van der Waals surface area contributed by atoms with Crippen LogP contribution < -0.4 is 15.4 Å². The van der Waals surface area contributed by atoms with Crippen molar-refractivity contribution in [2.75, 3.05) is 27.2 Å². The lowest BCUT2D eigenvalue weighted by atomic mass is 10.2. The molecule has 6 heteroatoms. The summed E-state index contributed by atoms with van der Waals surface area (Å²) in [4.78, 5) is 25.5. The van der Waals surface area contributed by atoms with Crippen molar-refractivity contribution in [2.45, 2.75) is 19.0 Å². The van der Waals surface area contributed by atoms with Crippen LogP contribution in [-0.4, -0.2) is 50.0 Å². The molecular weight excluding hydrogens is 270 g/mol. The quantitative estimate of drug-likeness (QED) is 0.782. The fourth-order valence-electron chi connectivity index (χ4n) is 2.39. The summed E-state index contributed by atoms with van der Waals surface area (Å²) in [6.07, 6.45) is 0.657. The molecule has 1 aromatic rings. The third-order valence-corrected chi connectivity index (χ3v) is 3.50. The van der Waals surface area contributed by atoms with Gasteiger partial charge in [0, 0.05) is 13.1 Å². The minimum absolute atomic E-state index is 0.0183. The van der Waals surface area contributed by atoms with E-state index in [1.165, 1.54) is 0 Å². The van der Waals surface area contributed by atoms with Crippen LogP contribution in [0.25, 0.3) is 0 Å². The number of hydrogen-bond acceptors (Lipinski definition) is 4. The van der Waals surface area contributed by atoms with Gasteiger partial charge in [-0.15, -0.1) is 0 Å². The van der Waals surface area contributed by atoms with Crippen molar-refractivity contribution >= 4 is 11.8 Å². The molecule has 0 spiro atoms. The summed E-state index contributed by atoms with van der Waals surface area (Å²) in [5.74, 6) is 0.626. The Morgan fingerprint density at radius 2 is 2.10 bits per heavy atom. The number of ether oxygens (including phenoxy) is 1. The molecule has 1 aromatic carbocycles. The molecule has 1 heterocycles. The Labute approximate surface area is 124 Å². The zero-order valence-corrected chi connectivity index (χ0v) is 12.4. The van der Waals surface area contributed by atoms with Crippen LogP contribution in [0, 0.1) is 0 Å². The number of nitrogens with zero attached hydrogens (tertiary/aromatic N) is 1. The van der Waals surface area contributed by atoms with Crippen molar-refractivity contribution in [1.82, 2.24) is 15.5 Å². The first-order valence-corrected chi connectivity index (χ1v) is 6.99. The average molecular weight is 291 g/mol. The van der Waals surface area contributed by atoms with E-state index in [2.05, 4.69) is 10.6 Å². The maximum Gasteiger partial charge on any atom is 0.245 e. The minimum Gasteiger partial charge on any atom is -0.497 e. The monoisotopic (exact) mass is 291 g/mol. The van der Waals surface area contributed by atoms with Crippen LogP contribution in [0.5, 0.6) is 5.75 Å². The number of likely N-dealkylation sites (N-methyl/N-ethyl adjacent to an activating group) is 1. The van der Waals surface area contributed by atoms with Crippen LogP contribution in [0.3, 0.4) is 0 Å². The predicted octanol–water partition coefficient (Wildman–Crippen LogP) is 0.132. The molecule has 1 aliphatic rings. The normalized spacial score (nSPS) is 17.9. The topological polar surface area (TPSA) is 70.7 Å². The summed E-state index contributed by atoms with van der Waals surface area (Å²) >= 11 is 0. The minimum atomic E-state index is -0.399. The number of hydrogen-bond donors (Lipinski definition) is 2. The summed E-state index contributed by atoms with van der Waals surface area (Å²) in [5, 5.41) is 5.52. The van der Waals surface area contributed by atoms with Crippen molar-refractivity contribution in [3.63, 3.8) is 0 Å². The number of rotatable bonds is 6. The lowest BCUT2D eigenvalue weighted by Crippen LogP contribution is -2.44. The van der Waals surface area contributed by atoms with E-state index in [4.69, 9.17) is 4.74 Å². The Hall–Kier alpha value is -2.08. The number of likely N-dealkylation sites (tertiary alicyclic amines) is 1. The Bertz CT molecular complexity index is 501. The molecule has 2 rings (SSSR count). The SMILES string of the molecule is CNCC(=O)NC1CCN(Cc2ccc(OC)cc2)C1=O. The van der Waals surface area contributed by atoms with Gasteiger partial charge in [0.05, 0.1) is 13.7 Å². The third-order valence-electron chi connectivity index (χ3n) is 3.50. The van der Waals surface area contributed by atoms with E-state index in [-0.39, 0.29) is 18.4 Å². The Balaban J connectivity index is 1.90. The summed E-state index contributed by atoms with van der Waals surface area (Å²) in [6, 6.07) is 7.24. The first kappa shape index (κ1) is 15.3. The van der Waals surface area contributed by atoms with Crippen LogP contribution in [0.15, 0.2) is 24.3 Å². The predicted molar refractivity (Wildman–Crippen MR) is 78.9 cm³/mol. The number of nitrogens with one attached hydrogen (secondary N) is 2. The first-order valence-electron chi connectivity index (χ1n) is 6.99. The van der Waals surface area contributed by atoms with Gasteiger partial charge in [0.25, 0.3) is 0 Å². The Morgan fingerprint density at radius 3 is 2.71 bits per heavy atom. The largest absolute Gasteiger partial charge is 0.497 e. The lowest BCUT2D eigenvalue weighted by Gasteiger charge is -2.17. The van der Waals surface area contributed by atoms with Crippen molar-refractivity contribution in [2.24, 2.45) is 0 Å². The standard InChI is InChI=1S/C15H21N3O3/c1-16-9-14(19)17-13-7-8-18(15(13)20)10-11-3-5-12(21-2)6-4-11/h3-6,13,16H,7-10H2,1-2H3,(H,17,19). The van der Waals surface area contributed by atoms with Gasteiger partial charge in [-0.05, 0) is 31.2 Å². The van der Waals surface area contributed by atoms with Gasteiger partial charge in [0.1, 0.15) is 11.8 Å². The van der Waals surface area contributed by atoms with Crippen molar-refractivity contribution in [3.8, 4) is 5.75 Å². The van der Waals surface area contributed by atoms with Crippen molar-refractivity contribution < 1.29 is 14.3 Å². The maximum absolute atomic E-state index is 12.2. The molecule has 0 aromatic heterocycles. The van der Waals surface area contributed by atoms with Gasteiger partial charge >= 0.3 is 0 Å². The molecule has 21 heavy (non-hydrogen) atoms. The molecule has 1 atom stereocenters. The maximum atomic E-state index is 12.2. The van der Waals surface area contributed by atoms with Crippen LogP contribution >= 0.6 is 0 Å². The van der Waals surface area contributed by atoms with Gasteiger partial charge < -0.3 is 20.3 Å². The molecule has 0 radical (unpaired) electrons. The fourth-order valence-corrected chi connectivity index (χ4v) is 2.39. The molecular formula is C15H21N3O3. The molecule has 2 amide bonds. The number of carbonyl (C=O) groups excluding carboxylic acids is 2.